The number of rotatable bonds is 7. The summed E-state index contributed by atoms with van der Waals surface area (Å²) in [6, 6.07) is 10.6. The molecule has 1 aromatic heterocycles. The van der Waals surface area contributed by atoms with Crippen LogP contribution in [0.4, 0.5) is 10.5 Å². The highest BCUT2D eigenvalue weighted by Crippen LogP contribution is 2.11. The van der Waals surface area contributed by atoms with E-state index in [0.29, 0.717) is 17.8 Å². The second-order valence-electron chi connectivity index (χ2n) is 7.35. The Hall–Kier alpha value is -3.42. The van der Waals surface area contributed by atoms with Crippen molar-refractivity contribution in [2.75, 3.05) is 11.9 Å². The Bertz CT molecular complexity index is 847. The number of pyridine rings is 1. The van der Waals surface area contributed by atoms with Gasteiger partial charge in [0.05, 0.1) is 5.56 Å². The predicted molar refractivity (Wildman–Crippen MR) is 109 cm³/mol. The van der Waals surface area contributed by atoms with E-state index in [1.54, 1.807) is 57.3 Å². The molecule has 1 aromatic carbocycles. The third kappa shape index (κ3) is 8.42. The fraction of sp³-hybridized carbons (Fsp3) is 0.333. The van der Waals surface area contributed by atoms with E-state index in [-0.39, 0.29) is 24.8 Å². The average Bonchev–Trinajstić information content (AvgIpc) is 2.65. The van der Waals surface area contributed by atoms with Crippen molar-refractivity contribution in [1.82, 2.24) is 15.6 Å². The Balaban J connectivity index is 1.78. The Labute approximate surface area is 170 Å². The zero-order chi connectivity index (χ0) is 21.3. The fourth-order valence-electron chi connectivity index (χ4n) is 2.36. The molecule has 8 nitrogen and oxygen atoms in total. The molecule has 0 fully saturated rings. The zero-order valence-electron chi connectivity index (χ0n) is 16.8. The van der Waals surface area contributed by atoms with E-state index in [1.807, 2.05) is 6.07 Å². The summed E-state index contributed by atoms with van der Waals surface area (Å²) in [5, 5.41) is 8.12. The lowest BCUT2D eigenvalue weighted by Gasteiger charge is -2.19. The average molecular weight is 398 g/mol. The van der Waals surface area contributed by atoms with Crippen molar-refractivity contribution in [3.05, 3.63) is 59.9 Å². The molecule has 3 amide bonds. The predicted octanol–water partition coefficient (Wildman–Crippen LogP) is 2.86. The van der Waals surface area contributed by atoms with Crippen LogP contribution in [0.15, 0.2) is 48.8 Å². The largest absolute Gasteiger partial charge is 0.444 e. The Morgan fingerprint density at radius 2 is 1.86 bits per heavy atom. The number of nitrogens with zero attached hydrogens (tertiary/aromatic N) is 1. The van der Waals surface area contributed by atoms with E-state index in [4.69, 9.17) is 4.74 Å². The third-order valence-electron chi connectivity index (χ3n) is 3.61. The second kappa shape index (κ2) is 10.2. The Kier molecular flexibility index (Phi) is 7.70. The van der Waals surface area contributed by atoms with Gasteiger partial charge in [0.1, 0.15) is 5.60 Å². The molecule has 1 heterocycles. The zero-order valence-corrected chi connectivity index (χ0v) is 16.8. The summed E-state index contributed by atoms with van der Waals surface area (Å²) in [7, 11) is 0. The van der Waals surface area contributed by atoms with Gasteiger partial charge in [-0.05, 0) is 50.6 Å². The normalized spacial score (nSPS) is 10.7. The number of benzene rings is 1. The van der Waals surface area contributed by atoms with E-state index in [0.717, 1.165) is 5.56 Å². The molecule has 0 aliphatic carbocycles. The van der Waals surface area contributed by atoms with Crippen molar-refractivity contribution >= 4 is 23.6 Å². The van der Waals surface area contributed by atoms with Crippen LogP contribution in [0.2, 0.25) is 0 Å². The molecule has 8 heteroatoms. The molecule has 0 aliphatic rings. The lowest BCUT2D eigenvalue weighted by atomic mass is 10.2. The molecule has 0 spiro atoms. The third-order valence-corrected chi connectivity index (χ3v) is 3.61. The van der Waals surface area contributed by atoms with Crippen LogP contribution in [0.25, 0.3) is 0 Å². The first-order chi connectivity index (χ1) is 13.7. The highest BCUT2D eigenvalue weighted by molar-refractivity contribution is 5.94. The van der Waals surface area contributed by atoms with Gasteiger partial charge in [-0.15, -0.1) is 0 Å². The van der Waals surface area contributed by atoms with Gasteiger partial charge in [0.15, 0.2) is 0 Å². The van der Waals surface area contributed by atoms with Crippen LogP contribution in [0, 0.1) is 0 Å². The summed E-state index contributed by atoms with van der Waals surface area (Å²) in [5.74, 6) is -0.460. The van der Waals surface area contributed by atoms with Crippen LogP contribution in [0.3, 0.4) is 0 Å². The van der Waals surface area contributed by atoms with Crippen LogP contribution in [0.1, 0.15) is 43.1 Å². The molecule has 154 valence electrons. The van der Waals surface area contributed by atoms with Crippen LogP contribution in [0.5, 0.6) is 0 Å². The minimum atomic E-state index is -0.584. The van der Waals surface area contributed by atoms with Crippen LogP contribution < -0.4 is 16.0 Å². The summed E-state index contributed by atoms with van der Waals surface area (Å²) in [6.45, 7) is 5.79. The van der Waals surface area contributed by atoms with Gasteiger partial charge in [0.25, 0.3) is 5.91 Å². The molecule has 0 bridgehead atoms. The van der Waals surface area contributed by atoms with E-state index in [2.05, 4.69) is 20.9 Å². The SMILES string of the molecule is CC(C)(C)OC(=O)NCCC(=O)Nc1cccc(CNC(=O)c2cccnc2)c1. The maximum atomic E-state index is 12.1. The number of hydrogen-bond acceptors (Lipinski definition) is 5. The van der Waals surface area contributed by atoms with Crippen LogP contribution in [-0.2, 0) is 16.1 Å². The minimum absolute atomic E-state index is 0.112. The molecule has 0 unspecified atom stereocenters. The summed E-state index contributed by atoms with van der Waals surface area (Å²) >= 11 is 0. The molecule has 0 atom stereocenters. The first kappa shape index (κ1) is 21.9. The number of anilines is 1. The van der Waals surface area contributed by atoms with E-state index in [9.17, 15) is 14.4 Å². The van der Waals surface area contributed by atoms with Crippen molar-refractivity contribution in [3.8, 4) is 0 Å². The van der Waals surface area contributed by atoms with E-state index in [1.165, 1.54) is 6.20 Å². The van der Waals surface area contributed by atoms with Gasteiger partial charge in [0.2, 0.25) is 5.91 Å². The van der Waals surface area contributed by atoms with E-state index < -0.39 is 11.7 Å². The number of carbonyl (C=O) groups excluding carboxylic acids is 3. The number of ether oxygens (including phenoxy) is 1. The monoisotopic (exact) mass is 398 g/mol. The number of alkyl carbamates (subject to hydrolysis) is 1. The lowest BCUT2D eigenvalue weighted by Crippen LogP contribution is -2.34. The van der Waals surface area contributed by atoms with Crippen molar-refractivity contribution in [1.29, 1.82) is 0 Å². The fourth-order valence-corrected chi connectivity index (χ4v) is 2.36. The number of amides is 3. The highest BCUT2D eigenvalue weighted by Gasteiger charge is 2.16. The van der Waals surface area contributed by atoms with Gasteiger partial charge in [-0.25, -0.2) is 4.79 Å². The lowest BCUT2D eigenvalue weighted by molar-refractivity contribution is -0.116. The maximum Gasteiger partial charge on any atom is 0.407 e. The second-order valence-corrected chi connectivity index (χ2v) is 7.35. The minimum Gasteiger partial charge on any atom is -0.444 e. The topological polar surface area (TPSA) is 109 Å². The molecule has 0 aliphatic heterocycles. The van der Waals surface area contributed by atoms with Crippen LogP contribution in [-0.4, -0.2) is 35.0 Å². The molecular weight excluding hydrogens is 372 g/mol. The van der Waals surface area contributed by atoms with Crippen molar-refractivity contribution in [2.45, 2.75) is 39.3 Å². The quantitative estimate of drug-likeness (QED) is 0.664. The summed E-state index contributed by atoms with van der Waals surface area (Å²) in [5.41, 5.74) is 1.35. The summed E-state index contributed by atoms with van der Waals surface area (Å²) in [6.07, 6.45) is 2.65. The number of nitrogens with one attached hydrogen (secondary N) is 3. The maximum absolute atomic E-state index is 12.1. The molecule has 29 heavy (non-hydrogen) atoms. The van der Waals surface area contributed by atoms with Crippen molar-refractivity contribution < 1.29 is 19.1 Å². The molecule has 0 radical (unpaired) electrons. The van der Waals surface area contributed by atoms with Gasteiger partial charge < -0.3 is 20.7 Å². The van der Waals surface area contributed by atoms with Gasteiger partial charge in [-0.3, -0.25) is 14.6 Å². The van der Waals surface area contributed by atoms with Gasteiger partial charge in [0, 0.05) is 37.6 Å². The Morgan fingerprint density at radius 3 is 2.55 bits per heavy atom. The highest BCUT2D eigenvalue weighted by atomic mass is 16.6. The molecular formula is C21H26N4O4. The first-order valence-electron chi connectivity index (χ1n) is 9.27. The van der Waals surface area contributed by atoms with Crippen LogP contribution >= 0.6 is 0 Å². The van der Waals surface area contributed by atoms with Gasteiger partial charge in [-0.1, -0.05) is 12.1 Å². The molecule has 3 N–H and O–H groups in total. The number of aromatic nitrogens is 1. The van der Waals surface area contributed by atoms with Crippen molar-refractivity contribution in [3.63, 3.8) is 0 Å². The summed E-state index contributed by atoms with van der Waals surface area (Å²) < 4.78 is 5.11. The van der Waals surface area contributed by atoms with Crippen molar-refractivity contribution in [2.24, 2.45) is 0 Å². The van der Waals surface area contributed by atoms with Gasteiger partial charge >= 0.3 is 6.09 Å². The van der Waals surface area contributed by atoms with Gasteiger partial charge in [-0.2, -0.15) is 0 Å². The molecule has 2 aromatic rings. The number of hydrogen-bond donors (Lipinski definition) is 3. The standard InChI is InChI=1S/C21H26N4O4/c1-21(2,3)29-20(28)23-11-9-18(26)25-17-8-4-6-15(12-17)13-24-19(27)16-7-5-10-22-14-16/h4-8,10,12,14H,9,11,13H2,1-3H3,(H,23,28)(H,24,27)(H,25,26). The smallest absolute Gasteiger partial charge is 0.407 e. The number of carbonyl (C=O) groups is 3. The first-order valence-corrected chi connectivity index (χ1v) is 9.27. The molecule has 0 saturated carbocycles. The summed E-state index contributed by atoms with van der Waals surface area (Å²) in [4.78, 5) is 39.6. The van der Waals surface area contributed by atoms with E-state index >= 15 is 0 Å². The Morgan fingerprint density at radius 1 is 1.07 bits per heavy atom. The molecule has 2 rings (SSSR count). The molecule has 0 saturated heterocycles.